The summed E-state index contributed by atoms with van der Waals surface area (Å²) in [7, 11) is 0. The molecule has 0 atom stereocenters. The first-order valence-electron chi connectivity index (χ1n) is 5.99. The summed E-state index contributed by atoms with van der Waals surface area (Å²) in [6.07, 6.45) is 2.74. The van der Waals surface area contributed by atoms with E-state index in [1.807, 2.05) is 0 Å². The number of hydrogen-bond acceptors (Lipinski definition) is 1. The Morgan fingerprint density at radius 3 is 2.39 bits per heavy atom. The van der Waals surface area contributed by atoms with Crippen LogP contribution in [0.1, 0.15) is 24.8 Å². The van der Waals surface area contributed by atoms with Gasteiger partial charge in [0.25, 0.3) is 0 Å². The molecule has 98 valence electrons. The van der Waals surface area contributed by atoms with Crippen molar-refractivity contribution in [2.45, 2.75) is 25.7 Å². The normalized spacial score (nSPS) is 15.8. The van der Waals surface area contributed by atoms with Crippen LogP contribution in [0.25, 0.3) is 0 Å². The molecule has 0 bridgehead atoms. The van der Waals surface area contributed by atoms with Crippen molar-refractivity contribution in [1.82, 2.24) is 4.90 Å². The lowest BCUT2D eigenvalue weighted by molar-refractivity contribution is -0.131. The molecule has 1 amide bonds. The number of carbonyl (C=O) groups excluding carboxylic acids is 1. The molecule has 1 aromatic carbocycles. The van der Waals surface area contributed by atoms with Crippen LogP contribution in [0.4, 0.5) is 13.2 Å². The number of likely N-dealkylation sites (tertiary alicyclic amines) is 1. The molecule has 0 unspecified atom stereocenters. The van der Waals surface area contributed by atoms with E-state index < -0.39 is 17.5 Å². The van der Waals surface area contributed by atoms with Gasteiger partial charge < -0.3 is 4.90 Å². The largest absolute Gasteiger partial charge is 0.342 e. The Morgan fingerprint density at radius 1 is 1.06 bits per heavy atom. The molecule has 1 saturated heterocycles. The maximum Gasteiger partial charge on any atom is 0.227 e. The predicted molar refractivity (Wildman–Crippen MR) is 60.5 cm³/mol. The first-order valence-corrected chi connectivity index (χ1v) is 5.99. The molecule has 0 spiro atoms. The first-order chi connectivity index (χ1) is 8.59. The van der Waals surface area contributed by atoms with E-state index in [0.717, 1.165) is 31.4 Å². The van der Waals surface area contributed by atoms with Crippen molar-refractivity contribution in [2.75, 3.05) is 13.1 Å². The summed E-state index contributed by atoms with van der Waals surface area (Å²) in [4.78, 5) is 13.5. The van der Waals surface area contributed by atoms with Crippen molar-refractivity contribution in [3.05, 3.63) is 35.1 Å². The predicted octanol–water partition coefficient (Wildman–Crippen LogP) is 2.66. The van der Waals surface area contributed by atoms with Crippen molar-refractivity contribution < 1.29 is 18.0 Å². The zero-order valence-corrected chi connectivity index (χ0v) is 9.89. The van der Waals surface area contributed by atoms with Gasteiger partial charge in [-0.05, 0) is 25.3 Å². The van der Waals surface area contributed by atoms with E-state index in [9.17, 15) is 18.0 Å². The van der Waals surface area contributed by atoms with Crippen LogP contribution in [0.15, 0.2) is 12.1 Å². The number of halogens is 3. The fourth-order valence-electron chi connectivity index (χ4n) is 2.12. The molecule has 18 heavy (non-hydrogen) atoms. The monoisotopic (exact) mass is 257 g/mol. The standard InChI is InChI=1S/C13H14F3NO/c14-10-5-4-9(12(15)13(10)16)8-11(18)17-6-2-1-3-7-17/h4-5H,1-3,6-8H2. The number of amides is 1. The third-order valence-corrected chi connectivity index (χ3v) is 3.17. The Labute approximate surface area is 103 Å². The van der Waals surface area contributed by atoms with Gasteiger partial charge in [-0.25, -0.2) is 13.2 Å². The van der Waals surface area contributed by atoms with Gasteiger partial charge in [-0.2, -0.15) is 0 Å². The van der Waals surface area contributed by atoms with E-state index >= 15 is 0 Å². The summed E-state index contributed by atoms with van der Waals surface area (Å²) in [6, 6.07) is 1.97. The molecule has 2 rings (SSSR count). The molecule has 1 fully saturated rings. The van der Waals surface area contributed by atoms with Crippen LogP contribution in [-0.4, -0.2) is 23.9 Å². The highest BCUT2D eigenvalue weighted by molar-refractivity contribution is 5.78. The zero-order chi connectivity index (χ0) is 13.1. The second-order valence-corrected chi connectivity index (χ2v) is 4.45. The second-order valence-electron chi connectivity index (χ2n) is 4.45. The number of hydrogen-bond donors (Lipinski definition) is 0. The number of nitrogens with zero attached hydrogens (tertiary/aromatic N) is 1. The van der Waals surface area contributed by atoms with Crippen molar-refractivity contribution in [1.29, 1.82) is 0 Å². The molecule has 0 saturated carbocycles. The summed E-state index contributed by atoms with van der Waals surface area (Å²) < 4.78 is 39.2. The maximum atomic E-state index is 13.4. The Balaban J connectivity index is 2.09. The smallest absolute Gasteiger partial charge is 0.227 e. The number of carbonyl (C=O) groups is 1. The van der Waals surface area contributed by atoms with Gasteiger partial charge in [-0.15, -0.1) is 0 Å². The number of piperidine rings is 1. The molecule has 0 aliphatic carbocycles. The van der Waals surface area contributed by atoms with Gasteiger partial charge >= 0.3 is 0 Å². The highest BCUT2D eigenvalue weighted by atomic mass is 19.2. The van der Waals surface area contributed by atoms with Crippen LogP contribution in [0.3, 0.4) is 0 Å². The lowest BCUT2D eigenvalue weighted by atomic mass is 10.1. The van der Waals surface area contributed by atoms with Crippen LogP contribution in [-0.2, 0) is 11.2 Å². The van der Waals surface area contributed by atoms with Gasteiger partial charge in [0.15, 0.2) is 17.5 Å². The average Bonchev–Trinajstić information content (AvgIpc) is 2.40. The van der Waals surface area contributed by atoms with Crippen molar-refractivity contribution >= 4 is 5.91 Å². The molecular formula is C13H14F3NO. The van der Waals surface area contributed by atoms with E-state index in [4.69, 9.17) is 0 Å². The van der Waals surface area contributed by atoms with Crippen LogP contribution in [0.5, 0.6) is 0 Å². The van der Waals surface area contributed by atoms with Crippen molar-refractivity contribution in [2.24, 2.45) is 0 Å². The summed E-state index contributed by atoms with van der Waals surface area (Å²) in [5.41, 5.74) is -0.0931. The Morgan fingerprint density at radius 2 is 1.72 bits per heavy atom. The summed E-state index contributed by atoms with van der Waals surface area (Å²) in [6.45, 7) is 1.31. The minimum absolute atomic E-state index is 0.0931. The Kier molecular flexibility index (Phi) is 3.89. The van der Waals surface area contributed by atoms with Gasteiger partial charge in [0, 0.05) is 18.7 Å². The average molecular weight is 257 g/mol. The van der Waals surface area contributed by atoms with E-state index in [1.54, 1.807) is 4.90 Å². The second kappa shape index (κ2) is 5.42. The van der Waals surface area contributed by atoms with Crippen molar-refractivity contribution in [3.8, 4) is 0 Å². The summed E-state index contributed by atoms with van der Waals surface area (Å²) >= 11 is 0. The molecule has 5 heteroatoms. The van der Waals surface area contributed by atoms with Crippen LogP contribution in [0, 0.1) is 17.5 Å². The highest BCUT2D eigenvalue weighted by Crippen LogP contribution is 2.17. The molecule has 1 aliphatic rings. The van der Waals surface area contributed by atoms with E-state index in [-0.39, 0.29) is 17.9 Å². The van der Waals surface area contributed by atoms with Crippen LogP contribution < -0.4 is 0 Å². The minimum Gasteiger partial charge on any atom is -0.342 e. The van der Waals surface area contributed by atoms with Gasteiger partial charge in [0.2, 0.25) is 5.91 Å². The van der Waals surface area contributed by atoms with Gasteiger partial charge in [-0.1, -0.05) is 6.07 Å². The van der Waals surface area contributed by atoms with Crippen LogP contribution in [0.2, 0.25) is 0 Å². The van der Waals surface area contributed by atoms with E-state index in [0.29, 0.717) is 13.1 Å². The van der Waals surface area contributed by atoms with Gasteiger partial charge in [0.1, 0.15) is 0 Å². The van der Waals surface area contributed by atoms with E-state index in [2.05, 4.69) is 0 Å². The zero-order valence-electron chi connectivity index (χ0n) is 9.89. The van der Waals surface area contributed by atoms with Gasteiger partial charge in [-0.3, -0.25) is 4.79 Å². The third kappa shape index (κ3) is 2.66. The molecular weight excluding hydrogens is 243 g/mol. The quantitative estimate of drug-likeness (QED) is 0.746. The molecule has 0 aromatic heterocycles. The molecule has 2 nitrogen and oxygen atoms in total. The molecule has 1 heterocycles. The Bertz CT molecular complexity index is 456. The fourth-order valence-corrected chi connectivity index (χ4v) is 2.12. The third-order valence-electron chi connectivity index (χ3n) is 3.17. The van der Waals surface area contributed by atoms with E-state index in [1.165, 1.54) is 0 Å². The Hall–Kier alpha value is -1.52. The lowest BCUT2D eigenvalue weighted by Gasteiger charge is -2.26. The molecule has 1 aromatic rings. The maximum absolute atomic E-state index is 13.4. The number of rotatable bonds is 2. The molecule has 1 aliphatic heterocycles. The summed E-state index contributed by atoms with van der Waals surface area (Å²) in [5, 5.41) is 0. The minimum atomic E-state index is -1.51. The fraction of sp³-hybridized carbons (Fsp3) is 0.462. The van der Waals surface area contributed by atoms with Crippen LogP contribution >= 0.6 is 0 Å². The van der Waals surface area contributed by atoms with Crippen molar-refractivity contribution in [3.63, 3.8) is 0 Å². The first kappa shape index (κ1) is 12.9. The van der Waals surface area contributed by atoms with Gasteiger partial charge in [0.05, 0.1) is 6.42 Å². The molecule has 0 radical (unpaired) electrons. The highest BCUT2D eigenvalue weighted by Gasteiger charge is 2.20. The topological polar surface area (TPSA) is 20.3 Å². The lowest BCUT2D eigenvalue weighted by Crippen LogP contribution is -2.36. The number of benzene rings is 1. The SMILES string of the molecule is O=C(Cc1ccc(F)c(F)c1F)N1CCCCC1. The summed E-state index contributed by atoms with van der Waals surface area (Å²) in [5.74, 6) is -4.25. The molecule has 0 N–H and O–H groups in total.